The van der Waals surface area contributed by atoms with Gasteiger partial charge in [-0.25, -0.2) is 0 Å². The molecule has 0 bridgehead atoms. The van der Waals surface area contributed by atoms with Crippen LogP contribution < -0.4 is 5.32 Å². The maximum Gasteiger partial charge on any atom is 0.287 e. The second kappa shape index (κ2) is 6.22. The van der Waals surface area contributed by atoms with Gasteiger partial charge in [0.2, 0.25) is 0 Å². The molecule has 0 heterocycles. The van der Waals surface area contributed by atoms with Crippen LogP contribution in [-0.2, 0) is 0 Å². The minimum absolute atomic E-state index is 0.0356. The molecule has 0 aliphatic heterocycles. The van der Waals surface area contributed by atoms with Crippen molar-refractivity contribution >= 4 is 23.2 Å². The first-order chi connectivity index (χ1) is 9.12. The summed E-state index contributed by atoms with van der Waals surface area (Å²) in [5, 5.41) is 13.4. The Morgan fingerprint density at radius 2 is 2.05 bits per heavy atom. The van der Waals surface area contributed by atoms with Crippen LogP contribution in [0, 0.1) is 21.4 Å². The number of carbonyl (C=O) groups is 1. The second-order valence-electron chi connectivity index (χ2n) is 5.90. The highest BCUT2D eigenvalue weighted by atomic mass is 35.5. The molecule has 1 unspecified atom stereocenters. The molecular weight excluding hydrogens is 280 g/mol. The highest BCUT2D eigenvalue weighted by Crippen LogP contribution is 2.26. The van der Waals surface area contributed by atoms with Crippen LogP contribution in [0.15, 0.2) is 18.2 Å². The van der Waals surface area contributed by atoms with Crippen molar-refractivity contribution in [2.75, 3.05) is 6.54 Å². The van der Waals surface area contributed by atoms with Gasteiger partial charge in [0.25, 0.3) is 11.6 Å². The van der Waals surface area contributed by atoms with Gasteiger partial charge in [-0.1, -0.05) is 39.3 Å². The minimum atomic E-state index is -0.578. The van der Waals surface area contributed by atoms with E-state index in [1.54, 1.807) is 0 Å². The monoisotopic (exact) mass is 298 g/mol. The fourth-order valence-corrected chi connectivity index (χ4v) is 1.70. The van der Waals surface area contributed by atoms with Crippen molar-refractivity contribution in [3.8, 4) is 0 Å². The van der Waals surface area contributed by atoms with Gasteiger partial charge in [-0.3, -0.25) is 14.9 Å². The van der Waals surface area contributed by atoms with Gasteiger partial charge >= 0.3 is 0 Å². The molecule has 1 atom stereocenters. The summed E-state index contributed by atoms with van der Waals surface area (Å²) < 4.78 is 0. The number of nitro groups is 1. The first-order valence-electron chi connectivity index (χ1n) is 6.35. The van der Waals surface area contributed by atoms with E-state index in [4.69, 9.17) is 11.6 Å². The lowest BCUT2D eigenvalue weighted by atomic mass is 9.82. The number of nitro benzene ring substituents is 1. The lowest BCUT2D eigenvalue weighted by Gasteiger charge is -2.27. The van der Waals surface area contributed by atoms with Gasteiger partial charge in [-0.2, -0.15) is 0 Å². The zero-order chi connectivity index (χ0) is 15.5. The van der Waals surface area contributed by atoms with E-state index in [0.29, 0.717) is 18.0 Å². The quantitative estimate of drug-likeness (QED) is 0.681. The molecule has 0 fully saturated rings. The summed E-state index contributed by atoms with van der Waals surface area (Å²) in [7, 11) is 0. The summed E-state index contributed by atoms with van der Waals surface area (Å²) in [6.07, 6.45) is 0. The lowest BCUT2D eigenvalue weighted by molar-refractivity contribution is -0.384. The van der Waals surface area contributed by atoms with Crippen molar-refractivity contribution in [3.05, 3.63) is 38.9 Å². The number of hydrogen-bond acceptors (Lipinski definition) is 3. The Kier molecular flexibility index (Phi) is 5.11. The van der Waals surface area contributed by atoms with E-state index in [1.807, 2.05) is 0 Å². The van der Waals surface area contributed by atoms with Gasteiger partial charge in [0, 0.05) is 18.2 Å². The highest BCUT2D eigenvalue weighted by molar-refractivity contribution is 6.33. The molecule has 1 amide bonds. The Morgan fingerprint density at radius 3 is 2.50 bits per heavy atom. The highest BCUT2D eigenvalue weighted by Gasteiger charge is 2.21. The largest absolute Gasteiger partial charge is 0.352 e. The van der Waals surface area contributed by atoms with Crippen LogP contribution >= 0.6 is 11.6 Å². The molecule has 1 aromatic carbocycles. The van der Waals surface area contributed by atoms with E-state index in [-0.39, 0.29) is 22.0 Å². The molecule has 0 saturated carbocycles. The molecule has 0 radical (unpaired) electrons. The van der Waals surface area contributed by atoms with Crippen molar-refractivity contribution < 1.29 is 9.72 Å². The number of nitrogens with zero attached hydrogens (tertiary/aromatic N) is 1. The van der Waals surface area contributed by atoms with E-state index in [9.17, 15) is 14.9 Å². The van der Waals surface area contributed by atoms with Crippen LogP contribution in [-0.4, -0.2) is 17.4 Å². The number of nitrogens with one attached hydrogen (secondary N) is 1. The van der Waals surface area contributed by atoms with Crippen LogP contribution in [0.5, 0.6) is 0 Å². The summed E-state index contributed by atoms with van der Waals surface area (Å²) in [6.45, 7) is 8.91. The topological polar surface area (TPSA) is 72.2 Å². The smallest absolute Gasteiger partial charge is 0.287 e. The fourth-order valence-electron chi connectivity index (χ4n) is 1.45. The van der Waals surface area contributed by atoms with Crippen LogP contribution in [0.4, 0.5) is 5.69 Å². The molecular formula is C14H19ClN2O3. The Morgan fingerprint density at radius 1 is 1.45 bits per heavy atom. The van der Waals surface area contributed by atoms with Gasteiger partial charge in [0.15, 0.2) is 0 Å². The van der Waals surface area contributed by atoms with Gasteiger partial charge in [0.1, 0.15) is 5.02 Å². The van der Waals surface area contributed by atoms with E-state index in [0.717, 1.165) is 0 Å². The summed E-state index contributed by atoms with van der Waals surface area (Å²) >= 11 is 5.78. The zero-order valence-electron chi connectivity index (χ0n) is 12.1. The van der Waals surface area contributed by atoms with E-state index in [2.05, 4.69) is 33.0 Å². The molecule has 1 N–H and O–H groups in total. The first kappa shape index (κ1) is 16.4. The molecule has 0 aliphatic rings. The molecule has 0 spiro atoms. The third kappa shape index (κ3) is 4.20. The standard InChI is InChI=1S/C14H19ClN2O3/c1-9(14(2,3)4)8-16-13(18)10-5-6-12(17(19)20)11(15)7-10/h5-7,9H,8H2,1-4H3,(H,16,18). The Labute approximate surface area is 123 Å². The normalized spacial score (nSPS) is 12.8. The molecule has 6 heteroatoms. The van der Waals surface area contributed by atoms with Gasteiger partial charge in [-0.15, -0.1) is 0 Å². The molecule has 0 saturated heterocycles. The van der Waals surface area contributed by atoms with Crippen LogP contribution in [0.1, 0.15) is 38.1 Å². The third-order valence-electron chi connectivity index (χ3n) is 3.45. The number of amides is 1. The molecule has 5 nitrogen and oxygen atoms in total. The summed E-state index contributed by atoms with van der Waals surface area (Å²) in [5.41, 5.74) is 0.216. The number of halogens is 1. The fraction of sp³-hybridized carbons (Fsp3) is 0.500. The van der Waals surface area contributed by atoms with Crippen LogP contribution in [0.3, 0.4) is 0 Å². The van der Waals surface area contributed by atoms with Crippen molar-refractivity contribution in [3.63, 3.8) is 0 Å². The van der Waals surface area contributed by atoms with Crippen LogP contribution in [0.25, 0.3) is 0 Å². The van der Waals surface area contributed by atoms with Crippen molar-refractivity contribution in [1.82, 2.24) is 5.32 Å². The Hall–Kier alpha value is -1.62. The summed E-state index contributed by atoms with van der Waals surface area (Å²) in [6, 6.07) is 3.96. The molecule has 20 heavy (non-hydrogen) atoms. The van der Waals surface area contributed by atoms with E-state index >= 15 is 0 Å². The average molecular weight is 299 g/mol. The van der Waals surface area contributed by atoms with Gasteiger partial charge in [0.05, 0.1) is 4.92 Å². The second-order valence-corrected chi connectivity index (χ2v) is 6.31. The molecule has 0 aromatic heterocycles. The Balaban J connectivity index is 2.74. The zero-order valence-corrected chi connectivity index (χ0v) is 12.8. The average Bonchev–Trinajstić information content (AvgIpc) is 2.33. The SMILES string of the molecule is CC(CNC(=O)c1ccc([N+](=O)[O-])c(Cl)c1)C(C)(C)C. The lowest BCUT2D eigenvalue weighted by Crippen LogP contribution is -2.33. The van der Waals surface area contributed by atoms with Crippen LogP contribution in [0.2, 0.25) is 5.02 Å². The summed E-state index contributed by atoms with van der Waals surface area (Å²) in [4.78, 5) is 22.0. The van der Waals surface area contributed by atoms with E-state index < -0.39 is 4.92 Å². The molecule has 110 valence electrons. The van der Waals surface area contributed by atoms with Crippen molar-refractivity contribution in [2.24, 2.45) is 11.3 Å². The van der Waals surface area contributed by atoms with Gasteiger partial charge < -0.3 is 5.32 Å². The maximum atomic E-state index is 12.0. The molecule has 0 aliphatic carbocycles. The van der Waals surface area contributed by atoms with E-state index in [1.165, 1.54) is 18.2 Å². The van der Waals surface area contributed by atoms with Crippen molar-refractivity contribution in [2.45, 2.75) is 27.7 Å². The molecule has 1 aromatic rings. The predicted molar refractivity (Wildman–Crippen MR) is 79.1 cm³/mol. The Bertz CT molecular complexity index is 524. The molecule has 1 rings (SSSR count). The van der Waals surface area contributed by atoms with Gasteiger partial charge in [-0.05, 0) is 23.5 Å². The number of carbonyl (C=O) groups excluding carboxylic acids is 1. The third-order valence-corrected chi connectivity index (χ3v) is 3.76. The first-order valence-corrected chi connectivity index (χ1v) is 6.73. The number of benzene rings is 1. The van der Waals surface area contributed by atoms with Crippen molar-refractivity contribution in [1.29, 1.82) is 0 Å². The number of hydrogen-bond donors (Lipinski definition) is 1. The number of rotatable bonds is 4. The summed E-state index contributed by atoms with van der Waals surface area (Å²) in [5.74, 6) is 0.0258. The maximum absolute atomic E-state index is 12.0. The predicted octanol–water partition coefficient (Wildman–Crippen LogP) is 3.66. The minimum Gasteiger partial charge on any atom is -0.352 e.